The molecule has 1 heterocycles. The van der Waals surface area contributed by atoms with Crippen molar-refractivity contribution in [3.8, 4) is 5.75 Å². The molecular formula is C19H14N2O5S. The van der Waals surface area contributed by atoms with Crippen molar-refractivity contribution in [1.82, 2.24) is 4.90 Å². The second-order valence-electron chi connectivity index (χ2n) is 5.56. The maximum Gasteiger partial charge on any atom is 0.343 e. The minimum absolute atomic E-state index is 0.160. The van der Waals surface area contributed by atoms with E-state index in [-0.39, 0.29) is 4.91 Å². The summed E-state index contributed by atoms with van der Waals surface area (Å²) in [5.41, 5.74) is 6.03. The van der Waals surface area contributed by atoms with E-state index in [2.05, 4.69) is 0 Å². The van der Waals surface area contributed by atoms with Crippen LogP contribution in [0.1, 0.15) is 15.9 Å². The van der Waals surface area contributed by atoms with Gasteiger partial charge in [0.15, 0.2) is 0 Å². The standard InChI is InChI=1S/C19H14N2O5S/c20-16(22)11-21-17(23)15(27-19(21)25)10-12-5-4-8-14(9-12)26-18(24)13-6-2-1-3-7-13/h1-10H,11H2,(H2,20,22)/b15-10-. The number of benzene rings is 2. The first-order valence-corrected chi connectivity index (χ1v) is 8.66. The van der Waals surface area contributed by atoms with Crippen LogP contribution in [0.3, 0.4) is 0 Å². The molecule has 0 spiro atoms. The molecule has 1 fully saturated rings. The highest BCUT2D eigenvalue weighted by molar-refractivity contribution is 8.18. The van der Waals surface area contributed by atoms with Crippen LogP contribution < -0.4 is 10.5 Å². The molecule has 2 aromatic rings. The van der Waals surface area contributed by atoms with Crippen LogP contribution in [0.25, 0.3) is 6.08 Å². The zero-order valence-corrected chi connectivity index (χ0v) is 14.8. The van der Waals surface area contributed by atoms with E-state index in [1.54, 1.807) is 54.6 Å². The lowest BCUT2D eigenvalue weighted by Gasteiger charge is -2.08. The van der Waals surface area contributed by atoms with Gasteiger partial charge in [0.1, 0.15) is 12.3 Å². The highest BCUT2D eigenvalue weighted by Gasteiger charge is 2.35. The smallest absolute Gasteiger partial charge is 0.343 e. The lowest BCUT2D eigenvalue weighted by Crippen LogP contribution is -2.36. The number of hydrogen-bond acceptors (Lipinski definition) is 6. The molecule has 2 N–H and O–H groups in total. The molecule has 136 valence electrons. The Morgan fingerprint density at radius 3 is 2.52 bits per heavy atom. The summed E-state index contributed by atoms with van der Waals surface area (Å²) in [6.45, 7) is -0.462. The molecular weight excluding hydrogens is 368 g/mol. The van der Waals surface area contributed by atoms with E-state index >= 15 is 0 Å². The molecule has 0 saturated carbocycles. The Kier molecular flexibility index (Phi) is 5.37. The number of imide groups is 1. The van der Waals surface area contributed by atoms with E-state index in [1.165, 1.54) is 6.08 Å². The maximum absolute atomic E-state index is 12.2. The highest BCUT2D eigenvalue weighted by Crippen LogP contribution is 2.32. The summed E-state index contributed by atoms with van der Waals surface area (Å²) in [5.74, 6) is -1.56. The van der Waals surface area contributed by atoms with Crippen molar-refractivity contribution >= 4 is 40.9 Å². The lowest BCUT2D eigenvalue weighted by atomic mass is 10.2. The molecule has 7 nitrogen and oxygen atoms in total. The maximum atomic E-state index is 12.2. The molecule has 1 aliphatic rings. The Labute approximate surface area is 158 Å². The molecule has 0 radical (unpaired) electrons. The minimum Gasteiger partial charge on any atom is -0.423 e. The summed E-state index contributed by atoms with van der Waals surface area (Å²) >= 11 is 0.718. The van der Waals surface area contributed by atoms with Crippen molar-refractivity contribution in [3.05, 3.63) is 70.6 Å². The minimum atomic E-state index is -0.770. The van der Waals surface area contributed by atoms with Crippen molar-refractivity contribution in [3.63, 3.8) is 0 Å². The third-order valence-electron chi connectivity index (χ3n) is 3.56. The molecule has 0 bridgehead atoms. The predicted octanol–water partition coefficient (Wildman–Crippen LogP) is 2.43. The van der Waals surface area contributed by atoms with Gasteiger partial charge in [-0.2, -0.15) is 0 Å². The number of carbonyl (C=O) groups excluding carboxylic acids is 4. The number of nitrogens with zero attached hydrogens (tertiary/aromatic N) is 1. The Morgan fingerprint density at radius 1 is 1.07 bits per heavy atom. The summed E-state index contributed by atoms with van der Waals surface area (Å²) < 4.78 is 5.33. The van der Waals surface area contributed by atoms with Crippen LogP contribution in [0, 0.1) is 0 Å². The molecule has 0 aromatic heterocycles. The molecule has 8 heteroatoms. The van der Waals surface area contributed by atoms with Gasteiger partial charge in [-0.05, 0) is 47.7 Å². The SMILES string of the molecule is NC(=O)CN1C(=O)S/C(=C\c2cccc(OC(=O)c3ccccc3)c2)C1=O. The number of primary amides is 1. The van der Waals surface area contributed by atoms with Gasteiger partial charge in [0.05, 0.1) is 10.5 Å². The van der Waals surface area contributed by atoms with Crippen molar-refractivity contribution in [2.45, 2.75) is 0 Å². The van der Waals surface area contributed by atoms with E-state index in [0.717, 1.165) is 16.7 Å². The molecule has 27 heavy (non-hydrogen) atoms. The summed E-state index contributed by atoms with van der Waals surface area (Å²) in [5, 5.41) is -0.559. The number of amides is 3. The number of rotatable bonds is 5. The van der Waals surface area contributed by atoms with Crippen molar-refractivity contribution < 1.29 is 23.9 Å². The van der Waals surface area contributed by atoms with Gasteiger partial charge in [-0.1, -0.05) is 30.3 Å². The molecule has 2 aromatic carbocycles. The Bertz CT molecular complexity index is 956. The first kappa shape index (κ1) is 18.4. The van der Waals surface area contributed by atoms with Crippen molar-refractivity contribution in [2.75, 3.05) is 6.54 Å². The first-order valence-electron chi connectivity index (χ1n) is 7.85. The Hall–Kier alpha value is -3.39. The molecule has 1 aliphatic heterocycles. The van der Waals surface area contributed by atoms with E-state index in [4.69, 9.17) is 10.5 Å². The second-order valence-corrected chi connectivity index (χ2v) is 6.56. The van der Waals surface area contributed by atoms with Crippen LogP contribution >= 0.6 is 11.8 Å². The van der Waals surface area contributed by atoms with Crippen LogP contribution in [0.2, 0.25) is 0 Å². The highest BCUT2D eigenvalue weighted by atomic mass is 32.2. The number of nitrogens with two attached hydrogens (primary N) is 1. The van der Waals surface area contributed by atoms with E-state index in [0.29, 0.717) is 16.9 Å². The van der Waals surface area contributed by atoms with E-state index in [9.17, 15) is 19.2 Å². The Balaban J connectivity index is 1.77. The third-order valence-corrected chi connectivity index (χ3v) is 4.47. The number of thioether (sulfide) groups is 1. The van der Waals surface area contributed by atoms with Crippen molar-refractivity contribution in [2.24, 2.45) is 5.73 Å². The zero-order valence-electron chi connectivity index (χ0n) is 14.0. The number of hydrogen-bond donors (Lipinski definition) is 1. The third kappa shape index (κ3) is 4.42. The van der Waals surface area contributed by atoms with E-state index < -0.39 is 29.6 Å². The van der Waals surface area contributed by atoms with Gasteiger partial charge < -0.3 is 10.5 Å². The molecule has 0 unspecified atom stereocenters. The fourth-order valence-corrected chi connectivity index (χ4v) is 3.19. The lowest BCUT2D eigenvalue weighted by molar-refractivity contribution is -0.127. The second kappa shape index (κ2) is 7.88. The average molecular weight is 382 g/mol. The van der Waals surface area contributed by atoms with Crippen LogP contribution in [0.15, 0.2) is 59.5 Å². The number of esters is 1. The zero-order chi connectivity index (χ0) is 19.4. The van der Waals surface area contributed by atoms with Gasteiger partial charge in [-0.25, -0.2) is 4.79 Å². The first-order chi connectivity index (χ1) is 12.9. The van der Waals surface area contributed by atoms with Gasteiger partial charge in [-0.15, -0.1) is 0 Å². The van der Waals surface area contributed by atoms with Gasteiger partial charge in [-0.3, -0.25) is 19.3 Å². The molecule has 0 atom stereocenters. The van der Waals surface area contributed by atoms with Gasteiger partial charge in [0.2, 0.25) is 5.91 Å². The fraction of sp³-hybridized carbons (Fsp3) is 0.0526. The van der Waals surface area contributed by atoms with Crippen LogP contribution in [0.5, 0.6) is 5.75 Å². The molecule has 3 amide bonds. The van der Waals surface area contributed by atoms with E-state index in [1.807, 2.05) is 0 Å². The monoisotopic (exact) mass is 382 g/mol. The fourth-order valence-electron chi connectivity index (χ4n) is 2.35. The Morgan fingerprint density at radius 2 is 1.81 bits per heavy atom. The van der Waals surface area contributed by atoms with Crippen LogP contribution in [-0.4, -0.2) is 34.5 Å². The van der Waals surface area contributed by atoms with Crippen molar-refractivity contribution in [1.29, 1.82) is 0 Å². The molecule has 3 rings (SSSR count). The summed E-state index contributed by atoms with van der Waals surface area (Å²) in [6.07, 6.45) is 1.49. The average Bonchev–Trinajstić information content (AvgIpc) is 2.90. The topological polar surface area (TPSA) is 107 Å². The molecule has 0 aliphatic carbocycles. The van der Waals surface area contributed by atoms with Crippen LogP contribution in [0.4, 0.5) is 4.79 Å². The largest absolute Gasteiger partial charge is 0.423 e. The van der Waals surface area contributed by atoms with Gasteiger partial charge in [0, 0.05) is 0 Å². The number of ether oxygens (including phenoxy) is 1. The normalized spacial score (nSPS) is 15.3. The van der Waals surface area contributed by atoms with Gasteiger partial charge in [0.25, 0.3) is 11.1 Å². The molecule has 1 saturated heterocycles. The summed E-state index contributed by atoms with van der Waals surface area (Å²) in [6, 6.07) is 15.1. The quantitative estimate of drug-likeness (QED) is 0.483. The summed E-state index contributed by atoms with van der Waals surface area (Å²) in [7, 11) is 0. The van der Waals surface area contributed by atoms with Crippen LogP contribution in [-0.2, 0) is 9.59 Å². The number of carbonyl (C=O) groups is 4. The van der Waals surface area contributed by atoms with Gasteiger partial charge >= 0.3 is 5.97 Å². The summed E-state index contributed by atoms with van der Waals surface area (Å²) in [4.78, 5) is 48.1. The predicted molar refractivity (Wildman–Crippen MR) is 99.7 cm³/mol.